The van der Waals surface area contributed by atoms with Crippen molar-refractivity contribution in [2.75, 3.05) is 0 Å². The molecule has 0 aliphatic heterocycles. The smallest absolute Gasteiger partial charge is 0.159 e. The van der Waals surface area contributed by atoms with Crippen molar-refractivity contribution < 1.29 is 8.78 Å². The standard InChI is InChI=1S/C22H34F2Si/c1-2-13-25-15-16-3-5-17(6-4-16)18-7-9-19(10-8-18)20-11-12-21(23)22(24)14-20/h11-12,14,16-19H,2-10,13,15,25H2,1H3/t16-,17-,18?,19?. The van der Waals surface area contributed by atoms with Gasteiger partial charge in [0.25, 0.3) is 0 Å². The molecule has 2 fully saturated rings. The van der Waals surface area contributed by atoms with E-state index in [1.165, 1.54) is 63.1 Å². The third-order valence-corrected chi connectivity index (χ3v) is 9.39. The molecule has 0 N–H and O–H groups in total. The summed E-state index contributed by atoms with van der Waals surface area (Å²) in [5, 5.41) is 0. The van der Waals surface area contributed by atoms with Gasteiger partial charge >= 0.3 is 0 Å². The van der Waals surface area contributed by atoms with E-state index >= 15 is 0 Å². The Balaban J connectivity index is 1.43. The van der Waals surface area contributed by atoms with Crippen LogP contribution in [-0.2, 0) is 0 Å². The molecule has 0 spiro atoms. The molecule has 0 amide bonds. The van der Waals surface area contributed by atoms with Crippen LogP contribution in [0.15, 0.2) is 18.2 Å². The van der Waals surface area contributed by atoms with Crippen LogP contribution < -0.4 is 0 Å². The van der Waals surface area contributed by atoms with E-state index in [-0.39, 0.29) is 9.52 Å². The molecule has 0 unspecified atom stereocenters. The second-order valence-electron chi connectivity index (χ2n) is 8.56. The van der Waals surface area contributed by atoms with E-state index in [4.69, 9.17) is 0 Å². The highest BCUT2D eigenvalue weighted by Crippen LogP contribution is 2.44. The predicted octanol–water partition coefficient (Wildman–Crippen LogP) is 6.46. The molecule has 0 saturated heterocycles. The lowest BCUT2D eigenvalue weighted by Crippen LogP contribution is -2.25. The van der Waals surface area contributed by atoms with Gasteiger partial charge in [-0.15, -0.1) is 0 Å². The summed E-state index contributed by atoms with van der Waals surface area (Å²) in [6.45, 7) is 2.32. The fourth-order valence-electron chi connectivity index (χ4n) is 5.32. The van der Waals surface area contributed by atoms with Gasteiger partial charge in [0, 0.05) is 9.52 Å². The zero-order valence-electron chi connectivity index (χ0n) is 15.8. The van der Waals surface area contributed by atoms with E-state index in [2.05, 4.69) is 6.92 Å². The van der Waals surface area contributed by atoms with Gasteiger partial charge in [-0.1, -0.05) is 44.3 Å². The fraction of sp³-hybridized carbons (Fsp3) is 0.727. The van der Waals surface area contributed by atoms with E-state index in [1.807, 2.05) is 0 Å². The fourth-order valence-corrected chi connectivity index (χ4v) is 7.26. The summed E-state index contributed by atoms with van der Waals surface area (Å²) >= 11 is 0. The number of rotatable bonds is 6. The predicted molar refractivity (Wildman–Crippen MR) is 105 cm³/mol. The molecule has 0 radical (unpaired) electrons. The van der Waals surface area contributed by atoms with Gasteiger partial charge in [0.1, 0.15) is 0 Å². The van der Waals surface area contributed by atoms with Crippen molar-refractivity contribution in [3.05, 3.63) is 35.4 Å². The highest BCUT2D eigenvalue weighted by molar-refractivity contribution is 6.35. The monoisotopic (exact) mass is 364 g/mol. The van der Waals surface area contributed by atoms with E-state index in [0.717, 1.165) is 36.2 Å². The minimum absolute atomic E-state index is 0.226. The summed E-state index contributed by atoms with van der Waals surface area (Å²) in [6, 6.07) is 7.62. The van der Waals surface area contributed by atoms with Gasteiger partial charge in [-0.3, -0.25) is 0 Å². The molecule has 2 saturated carbocycles. The second kappa shape index (κ2) is 9.30. The van der Waals surface area contributed by atoms with Crippen LogP contribution in [0.3, 0.4) is 0 Å². The minimum atomic E-state index is -0.726. The SMILES string of the molecule is CCC[SiH2]C[C@H]1CC[C@H](C2CCC(c3ccc(F)c(F)c3)CC2)CC1. The maximum absolute atomic E-state index is 13.5. The average Bonchev–Trinajstić information content (AvgIpc) is 2.65. The Bertz CT molecular complexity index is 529. The molecule has 3 rings (SSSR count). The van der Waals surface area contributed by atoms with Crippen LogP contribution >= 0.6 is 0 Å². The average molecular weight is 365 g/mol. The maximum Gasteiger partial charge on any atom is 0.159 e. The second-order valence-corrected chi connectivity index (χ2v) is 10.6. The van der Waals surface area contributed by atoms with Crippen LogP contribution in [0, 0.1) is 29.4 Å². The minimum Gasteiger partial charge on any atom is -0.204 e. The number of hydrogen-bond acceptors (Lipinski definition) is 0. The number of benzene rings is 1. The van der Waals surface area contributed by atoms with Crippen molar-refractivity contribution in [2.45, 2.75) is 82.7 Å². The van der Waals surface area contributed by atoms with Gasteiger partial charge in [0.2, 0.25) is 0 Å². The number of hydrogen-bond donors (Lipinski definition) is 0. The first-order valence-corrected chi connectivity index (χ1v) is 12.6. The highest BCUT2D eigenvalue weighted by atomic mass is 28.2. The molecular weight excluding hydrogens is 330 g/mol. The van der Waals surface area contributed by atoms with Crippen LogP contribution in [0.4, 0.5) is 8.78 Å². The topological polar surface area (TPSA) is 0 Å². The molecule has 3 heteroatoms. The van der Waals surface area contributed by atoms with Gasteiger partial charge in [-0.2, -0.15) is 0 Å². The molecule has 2 aliphatic carbocycles. The quantitative estimate of drug-likeness (QED) is 0.401. The Morgan fingerprint density at radius 1 is 0.880 bits per heavy atom. The molecule has 1 aromatic rings. The zero-order chi connectivity index (χ0) is 17.6. The molecule has 0 bridgehead atoms. The van der Waals surface area contributed by atoms with Gasteiger partial charge in [-0.25, -0.2) is 8.78 Å². The lowest BCUT2D eigenvalue weighted by molar-refractivity contribution is 0.165. The maximum atomic E-state index is 13.5. The van der Waals surface area contributed by atoms with E-state index in [9.17, 15) is 8.78 Å². The molecule has 0 aromatic heterocycles. The summed E-state index contributed by atoms with van der Waals surface area (Å²) in [6.07, 6.45) is 12.1. The van der Waals surface area contributed by atoms with Crippen LogP contribution in [0.25, 0.3) is 0 Å². The Kier molecular flexibility index (Phi) is 7.09. The van der Waals surface area contributed by atoms with Crippen molar-refractivity contribution >= 4 is 9.52 Å². The first-order chi connectivity index (χ1) is 12.2. The largest absolute Gasteiger partial charge is 0.204 e. The van der Waals surface area contributed by atoms with Crippen molar-refractivity contribution in [3.8, 4) is 0 Å². The van der Waals surface area contributed by atoms with Crippen molar-refractivity contribution in [1.82, 2.24) is 0 Å². The van der Waals surface area contributed by atoms with Crippen LogP contribution in [0.5, 0.6) is 0 Å². The van der Waals surface area contributed by atoms with Gasteiger partial charge in [0.05, 0.1) is 0 Å². The molecule has 0 heterocycles. The first-order valence-electron chi connectivity index (χ1n) is 10.6. The van der Waals surface area contributed by atoms with E-state index in [1.54, 1.807) is 12.1 Å². The molecule has 0 nitrogen and oxygen atoms in total. The first kappa shape index (κ1) is 19.1. The summed E-state index contributed by atoms with van der Waals surface area (Å²) in [5.74, 6) is 1.89. The van der Waals surface area contributed by atoms with Crippen LogP contribution in [0.2, 0.25) is 12.1 Å². The third kappa shape index (κ3) is 5.15. The van der Waals surface area contributed by atoms with Gasteiger partial charge in [-0.05, 0) is 79.9 Å². The summed E-state index contributed by atoms with van der Waals surface area (Å²) in [7, 11) is 0.226. The molecule has 0 atom stereocenters. The van der Waals surface area contributed by atoms with E-state index in [0.29, 0.717) is 5.92 Å². The zero-order valence-corrected chi connectivity index (χ0v) is 17.2. The number of halogens is 2. The van der Waals surface area contributed by atoms with Crippen molar-refractivity contribution in [2.24, 2.45) is 17.8 Å². The lowest BCUT2D eigenvalue weighted by atomic mass is 9.68. The van der Waals surface area contributed by atoms with Crippen LogP contribution in [-0.4, -0.2) is 9.52 Å². The lowest BCUT2D eigenvalue weighted by Gasteiger charge is -2.38. The summed E-state index contributed by atoms with van der Waals surface area (Å²) in [5.41, 5.74) is 1.00. The highest BCUT2D eigenvalue weighted by Gasteiger charge is 2.31. The Morgan fingerprint density at radius 3 is 2.12 bits per heavy atom. The van der Waals surface area contributed by atoms with Gasteiger partial charge < -0.3 is 0 Å². The Hall–Kier alpha value is -0.703. The summed E-state index contributed by atoms with van der Waals surface area (Å²) in [4.78, 5) is 0. The molecule has 2 aliphatic rings. The van der Waals surface area contributed by atoms with Crippen LogP contribution in [0.1, 0.15) is 76.2 Å². The molecule has 140 valence electrons. The van der Waals surface area contributed by atoms with Crippen molar-refractivity contribution in [3.63, 3.8) is 0 Å². The summed E-state index contributed by atoms with van der Waals surface area (Å²) < 4.78 is 26.6. The Labute approximate surface area is 154 Å². The normalized spacial score (nSPS) is 30.8. The van der Waals surface area contributed by atoms with Crippen molar-refractivity contribution in [1.29, 1.82) is 0 Å². The van der Waals surface area contributed by atoms with Gasteiger partial charge in [0.15, 0.2) is 11.6 Å². The van der Waals surface area contributed by atoms with E-state index < -0.39 is 11.6 Å². The molecule has 25 heavy (non-hydrogen) atoms. The third-order valence-electron chi connectivity index (χ3n) is 6.96. The molecular formula is C22H34F2Si. The molecule has 1 aromatic carbocycles. The Morgan fingerprint density at radius 2 is 1.52 bits per heavy atom.